The van der Waals surface area contributed by atoms with Crippen molar-refractivity contribution in [3.8, 4) is 0 Å². The summed E-state index contributed by atoms with van der Waals surface area (Å²) in [4.78, 5) is 10.7. The number of methoxy groups -OCH3 is 1. The maximum Gasteiger partial charge on any atom is 0.149 e. The summed E-state index contributed by atoms with van der Waals surface area (Å²) >= 11 is 5.86. The van der Waals surface area contributed by atoms with E-state index in [2.05, 4.69) is 10.5 Å². The lowest BCUT2D eigenvalue weighted by atomic mass is 10.2. The molecule has 96 valence electrons. The predicted molar refractivity (Wildman–Crippen MR) is 75.3 cm³/mol. The summed E-state index contributed by atoms with van der Waals surface area (Å²) in [6.45, 7) is 2.44. The molecule has 18 heavy (non-hydrogen) atoms. The number of hydrogen-bond donors (Lipinski definition) is 1. The molecule has 0 radical (unpaired) electrons. The van der Waals surface area contributed by atoms with E-state index in [1.54, 1.807) is 25.3 Å². The van der Waals surface area contributed by atoms with E-state index in [1.165, 1.54) is 0 Å². The SMILES string of the molecule is C/C=C(\C=C/CNc1cccc(Cl)c1N=O)OC. The van der Waals surface area contributed by atoms with Gasteiger partial charge < -0.3 is 10.1 Å². The lowest BCUT2D eigenvalue weighted by Gasteiger charge is -2.06. The highest BCUT2D eigenvalue weighted by Gasteiger charge is 2.05. The van der Waals surface area contributed by atoms with Gasteiger partial charge in [0.25, 0.3) is 0 Å². The molecule has 0 unspecified atom stereocenters. The van der Waals surface area contributed by atoms with Gasteiger partial charge in [0.05, 0.1) is 17.8 Å². The smallest absolute Gasteiger partial charge is 0.149 e. The molecule has 0 aliphatic carbocycles. The maximum absolute atomic E-state index is 10.7. The molecule has 0 aromatic heterocycles. The van der Waals surface area contributed by atoms with Crippen molar-refractivity contribution in [1.29, 1.82) is 0 Å². The first-order valence-corrected chi connectivity index (χ1v) is 5.83. The van der Waals surface area contributed by atoms with Crippen molar-refractivity contribution in [1.82, 2.24) is 0 Å². The van der Waals surface area contributed by atoms with Gasteiger partial charge in [0.1, 0.15) is 11.4 Å². The number of benzene rings is 1. The second-order valence-electron chi connectivity index (χ2n) is 3.41. The van der Waals surface area contributed by atoms with Crippen molar-refractivity contribution in [2.45, 2.75) is 6.92 Å². The van der Waals surface area contributed by atoms with Crippen LogP contribution in [0.1, 0.15) is 6.92 Å². The molecule has 0 fully saturated rings. The zero-order valence-electron chi connectivity index (χ0n) is 10.3. The summed E-state index contributed by atoms with van der Waals surface area (Å²) in [5.74, 6) is 0.775. The maximum atomic E-state index is 10.7. The number of anilines is 1. The third-order valence-corrected chi connectivity index (χ3v) is 2.60. The van der Waals surface area contributed by atoms with Crippen LogP contribution < -0.4 is 5.32 Å². The number of allylic oxidation sites excluding steroid dienone is 2. The minimum atomic E-state index is 0.227. The van der Waals surface area contributed by atoms with Crippen molar-refractivity contribution in [3.63, 3.8) is 0 Å². The van der Waals surface area contributed by atoms with Crippen molar-refractivity contribution >= 4 is 23.0 Å². The molecule has 0 aliphatic heterocycles. The molecule has 1 aromatic carbocycles. The van der Waals surface area contributed by atoms with Crippen LogP contribution >= 0.6 is 11.6 Å². The van der Waals surface area contributed by atoms with Gasteiger partial charge in [-0.15, -0.1) is 4.91 Å². The summed E-state index contributed by atoms with van der Waals surface area (Å²) in [7, 11) is 1.61. The van der Waals surface area contributed by atoms with E-state index in [4.69, 9.17) is 16.3 Å². The minimum absolute atomic E-state index is 0.227. The normalized spacial score (nSPS) is 11.6. The average molecular weight is 267 g/mol. The van der Waals surface area contributed by atoms with Gasteiger partial charge in [-0.25, -0.2) is 0 Å². The molecule has 1 aromatic rings. The fourth-order valence-electron chi connectivity index (χ4n) is 1.38. The molecule has 1 rings (SSSR count). The van der Waals surface area contributed by atoms with Gasteiger partial charge in [-0.3, -0.25) is 0 Å². The molecule has 1 N–H and O–H groups in total. The van der Waals surface area contributed by atoms with Crippen LogP contribution in [-0.4, -0.2) is 13.7 Å². The summed E-state index contributed by atoms with van der Waals surface area (Å²) in [5, 5.41) is 6.31. The first-order chi connectivity index (χ1) is 8.72. The van der Waals surface area contributed by atoms with Gasteiger partial charge >= 0.3 is 0 Å². The Bertz CT molecular complexity index is 470. The van der Waals surface area contributed by atoms with E-state index >= 15 is 0 Å². The topological polar surface area (TPSA) is 50.7 Å². The third-order valence-electron chi connectivity index (χ3n) is 2.29. The third kappa shape index (κ3) is 3.89. The first kappa shape index (κ1) is 14.3. The Morgan fingerprint density at radius 3 is 2.94 bits per heavy atom. The summed E-state index contributed by atoms with van der Waals surface area (Å²) in [6, 6.07) is 5.14. The molecule has 0 atom stereocenters. The van der Waals surface area contributed by atoms with E-state index in [9.17, 15) is 4.91 Å². The standard InChI is InChI=1S/C13H15ClN2O2/c1-3-10(18-2)6-5-9-15-12-8-4-7-11(14)13(12)16-17/h3-8,15H,9H2,1-2H3/b6-5-,10-3+. The number of nitroso groups, excluding NO2 is 1. The number of hydrogen-bond acceptors (Lipinski definition) is 4. The van der Waals surface area contributed by atoms with E-state index < -0.39 is 0 Å². The molecule has 0 saturated heterocycles. The Balaban J connectivity index is 2.65. The number of rotatable bonds is 6. The van der Waals surface area contributed by atoms with Crippen LogP contribution in [0.4, 0.5) is 11.4 Å². The average Bonchev–Trinajstić information content (AvgIpc) is 2.39. The van der Waals surface area contributed by atoms with Gasteiger partial charge in [0.15, 0.2) is 0 Å². The Kier molecular flexibility index (Phi) is 5.94. The Labute approximate surface area is 111 Å². The molecule has 0 heterocycles. The van der Waals surface area contributed by atoms with Crippen LogP contribution in [0, 0.1) is 4.91 Å². The number of nitrogens with one attached hydrogen (secondary N) is 1. The molecular formula is C13H15ClN2O2. The summed E-state index contributed by atoms with van der Waals surface area (Å²) < 4.78 is 5.07. The Morgan fingerprint density at radius 1 is 1.56 bits per heavy atom. The van der Waals surface area contributed by atoms with Gasteiger partial charge in [0, 0.05) is 6.54 Å². The van der Waals surface area contributed by atoms with Gasteiger partial charge in [-0.05, 0) is 36.4 Å². The highest BCUT2D eigenvalue weighted by atomic mass is 35.5. The van der Waals surface area contributed by atoms with Crippen molar-refractivity contribution in [3.05, 3.63) is 52.1 Å². The molecule has 0 spiro atoms. The fourth-order valence-corrected chi connectivity index (χ4v) is 1.59. The molecule has 0 aliphatic rings. The van der Waals surface area contributed by atoms with Crippen LogP contribution in [0.2, 0.25) is 5.02 Å². The zero-order valence-corrected chi connectivity index (χ0v) is 11.1. The zero-order chi connectivity index (χ0) is 13.4. The Morgan fingerprint density at radius 2 is 2.33 bits per heavy atom. The Hall–Kier alpha value is -1.81. The van der Waals surface area contributed by atoms with Crippen LogP contribution in [0.15, 0.2) is 47.4 Å². The predicted octanol–water partition coefficient (Wildman–Crippen LogP) is 4.26. The quantitative estimate of drug-likeness (QED) is 0.476. The first-order valence-electron chi connectivity index (χ1n) is 5.45. The number of ether oxygens (including phenoxy) is 1. The van der Waals surface area contributed by atoms with Gasteiger partial charge in [-0.2, -0.15) is 0 Å². The monoisotopic (exact) mass is 266 g/mol. The van der Waals surface area contributed by atoms with E-state index in [1.807, 2.05) is 25.2 Å². The summed E-state index contributed by atoms with van der Waals surface area (Å²) in [5.41, 5.74) is 0.840. The van der Waals surface area contributed by atoms with Crippen molar-refractivity contribution < 1.29 is 4.74 Å². The molecule has 0 saturated carbocycles. The van der Waals surface area contributed by atoms with E-state index in [0.717, 1.165) is 5.76 Å². The van der Waals surface area contributed by atoms with Crippen molar-refractivity contribution in [2.75, 3.05) is 19.0 Å². The lowest BCUT2D eigenvalue weighted by molar-refractivity contribution is 0.306. The van der Waals surface area contributed by atoms with E-state index in [-0.39, 0.29) is 5.69 Å². The van der Waals surface area contributed by atoms with Gasteiger partial charge in [0.2, 0.25) is 0 Å². The lowest BCUT2D eigenvalue weighted by Crippen LogP contribution is -1.98. The van der Waals surface area contributed by atoms with E-state index in [0.29, 0.717) is 17.3 Å². The number of nitrogens with zero attached hydrogens (tertiary/aromatic N) is 1. The number of halogens is 1. The van der Waals surface area contributed by atoms with Crippen LogP contribution in [0.3, 0.4) is 0 Å². The molecule has 0 amide bonds. The second kappa shape index (κ2) is 7.50. The molecule has 4 nitrogen and oxygen atoms in total. The second-order valence-corrected chi connectivity index (χ2v) is 3.81. The highest BCUT2D eigenvalue weighted by Crippen LogP contribution is 2.32. The summed E-state index contributed by atoms with van der Waals surface area (Å²) in [6.07, 6.45) is 5.58. The van der Waals surface area contributed by atoms with Gasteiger partial charge in [-0.1, -0.05) is 23.7 Å². The minimum Gasteiger partial charge on any atom is -0.497 e. The van der Waals surface area contributed by atoms with Crippen molar-refractivity contribution in [2.24, 2.45) is 5.18 Å². The largest absolute Gasteiger partial charge is 0.497 e. The molecule has 5 heteroatoms. The highest BCUT2D eigenvalue weighted by molar-refractivity contribution is 6.33. The van der Waals surface area contributed by atoms with Crippen LogP contribution in [0.25, 0.3) is 0 Å². The fraction of sp³-hybridized carbons (Fsp3) is 0.231. The van der Waals surface area contributed by atoms with Crippen LogP contribution in [-0.2, 0) is 4.74 Å². The van der Waals surface area contributed by atoms with Crippen LogP contribution in [0.5, 0.6) is 0 Å². The molecule has 0 bridgehead atoms. The molecular weight excluding hydrogens is 252 g/mol.